The molecule has 0 saturated heterocycles. The summed E-state index contributed by atoms with van der Waals surface area (Å²) in [5.41, 5.74) is 4.86. The van der Waals surface area contributed by atoms with Gasteiger partial charge in [-0.15, -0.1) is 0 Å². The van der Waals surface area contributed by atoms with Crippen LogP contribution < -0.4 is 0 Å². The predicted octanol–water partition coefficient (Wildman–Crippen LogP) is 6.04. The Bertz CT molecular complexity index is 440. The van der Waals surface area contributed by atoms with Crippen LogP contribution in [0.15, 0.2) is 30.3 Å². The van der Waals surface area contributed by atoms with Crippen molar-refractivity contribution in [3.8, 4) is 0 Å². The van der Waals surface area contributed by atoms with E-state index in [9.17, 15) is 0 Å². The van der Waals surface area contributed by atoms with E-state index >= 15 is 0 Å². The summed E-state index contributed by atoms with van der Waals surface area (Å²) < 4.78 is 0. The molecule has 0 bridgehead atoms. The second-order valence-corrected chi connectivity index (χ2v) is 7.34. The van der Waals surface area contributed by atoms with Gasteiger partial charge < -0.3 is 0 Å². The van der Waals surface area contributed by atoms with Crippen molar-refractivity contribution in [3.05, 3.63) is 41.5 Å². The molecule has 0 unspecified atom stereocenters. The molecular weight excluding hydrogens is 228 g/mol. The van der Waals surface area contributed by atoms with Crippen LogP contribution in [0, 0.1) is 11.3 Å². The third-order valence-corrected chi connectivity index (χ3v) is 4.58. The third kappa shape index (κ3) is 3.49. The first kappa shape index (κ1) is 14.4. The highest BCUT2D eigenvalue weighted by molar-refractivity contribution is 5.66. The summed E-state index contributed by atoms with van der Waals surface area (Å²) in [6.07, 6.45) is 6.29. The lowest BCUT2D eigenvalue weighted by molar-refractivity contribution is 0.225. The lowest BCUT2D eigenvalue weighted by Gasteiger charge is -2.33. The fourth-order valence-electron chi connectivity index (χ4n) is 2.97. The molecule has 0 nitrogen and oxygen atoms in total. The smallest absolute Gasteiger partial charge is 0.0219 e. The van der Waals surface area contributed by atoms with Gasteiger partial charge in [-0.3, -0.25) is 0 Å². The Hall–Kier alpha value is -1.04. The van der Waals surface area contributed by atoms with Crippen molar-refractivity contribution in [1.82, 2.24) is 0 Å². The quantitative estimate of drug-likeness (QED) is 0.605. The lowest BCUT2D eigenvalue weighted by Crippen LogP contribution is -2.21. The van der Waals surface area contributed by atoms with E-state index in [0.29, 0.717) is 11.3 Å². The highest BCUT2D eigenvalue weighted by Crippen LogP contribution is 2.39. The molecule has 1 aromatic carbocycles. The van der Waals surface area contributed by atoms with Gasteiger partial charge in [0.2, 0.25) is 0 Å². The normalized spacial score (nSPS) is 20.5. The maximum Gasteiger partial charge on any atom is -0.0219 e. The molecule has 2 rings (SSSR count). The van der Waals surface area contributed by atoms with Crippen molar-refractivity contribution in [2.45, 2.75) is 59.8 Å². The molecule has 0 saturated carbocycles. The van der Waals surface area contributed by atoms with Crippen molar-refractivity contribution in [3.63, 3.8) is 0 Å². The molecule has 0 spiro atoms. The van der Waals surface area contributed by atoms with Crippen LogP contribution in [0.5, 0.6) is 0 Å². The van der Waals surface area contributed by atoms with Gasteiger partial charge in [-0.1, -0.05) is 65.0 Å². The summed E-state index contributed by atoms with van der Waals surface area (Å²) in [6.45, 7) is 11.6. The summed E-state index contributed by atoms with van der Waals surface area (Å²) in [7, 11) is 0. The number of allylic oxidation sites excluding steroid dienone is 2. The van der Waals surface area contributed by atoms with E-state index in [-0.39, 0.29) is 0 Å². The highest BCUT2D eigenvalue weighted by atomic mass is 14.3. The molecule has 0 radical (unpaired) electrons. The summed E-state index contributed by atoms with van der Waals surface area (Å²) in [6, 6.07) is 9.19. The van der Waals surface area contributed by atoms with Gasteiger partial charge in [0.1, 0.15) is 0 Å². The molecule has 0 heterocycles. The maximum atomic E-state index is 2.48. The van der Waals surface area contributed by atoms with Crippen LogP contribution in [0.1, 0.15) is 70.9 Å². The zero-order chi connectivity index (χ0) is 14.0. The summed E-state index contributed by atoms with van der Waals surface area (Å²) in [4.78, 5) is 0. The minimum absolute atomic E-state index is 0.448. The minimum atomic E-state index is 0.448. The van der Waals surface area contributed by atoms with E-state index in [2.05, 4.69) is 65.0 Å². The molecular formula is C19H28. The minimum Gasteiger partial charge on any atom is -0.0804 e. The monoisotopic (exact) mass is 256 g/mol. The summed E-state index contributed by atoms with van der Waals surface area (Å²) in [5, 5.41) is 0. The zero-order valence-corrected chi connectivity index (χ0v) is 13.2. The standard InChI is InChI=1S/C19H28/c1-14(2)15-6-8-16(9-7-15)17-10-12-18(13-11-17)19(3,4)5/h6-10,14,18H,11-13H2,1-5H3/t18-/m0/s1. The first-order chi connectivity index (χ1) is 8.88. The first-order valence-corrected chi connectivity index (χ1v) is 7.67. The number of hydrogen-bond donors (Lipinski definition) is 0. The van der Waals surface area contributed by atoms with Crippen LogP contribution in [-0.4, -0.2) is 0 Å². The Morgan fingerprint density at radius 1 is 1.05 bits per heavy atom. The van der Waals surface area contributed by atoms with Crippen molar-refractivity contribution < 1.29 is 0 Å². The Morgan fingerprint density at radius 3 is 2.11 bits per heavy atom. The molecule has 104 valence electrons. The Balaban J connectivity index is 2.10. The van der Waals surface area contributed by atoms with E-state index in [4.69, 9.17) is 0 Å². The van der Waals surface area contributed by atoms with Crippen molar-refractivity contribution >= 4 is 5.57 Å². The van der Waals surface area contributed by atoms with Gasteiger partial charge in [0, 0.05) is 0 Å². The highest BCUT2D eigenvalue weighted by Gasteiger charge is 2.26. The van der Waals surface area contributed by atoms with E-state index < -0.39 is 0 Å². The van der Waals surface area contributed by atoms with Crippen LogP contribution in [0.3, 0.4) is 0 Å². The lowest BCUT2D eigenvalue weighted by atomic mass is 9.72. The SMILES string of the molecule is CC(C)c1ccc(C2=CC[C@H](C(C)(C)C)CC2)cc1. The molecule has 19 heavy (non-hydrogen) atoms. The Kier molecular flexibility index (Phi) is 4.18. The van der Waals surface area contributed by atoms with Gasteiger partial charge in [0.15, 0.2) is 0 Å². The molecule has 1 aliphatic rings. The number of rotatable bonds is 2. The fourth-order valence-corrected chi connectivity index (χ4v) is 2.97. The molecule has 0 N–H and O–H groups in total. The molecule has 0 amide bonds. The van der Waals surface area contributed by atoms with Gasteiger partial charge in [-0.25, -0.2) is 0 Å². The van der Waals surface area contributed by atoms with E-state index in [1.807, 2.05) is 0 Å². The Morgan fingerprint density at radius 2 is 1.68 bits per heavy atom. The molecule has 1 aliphatic carbocycles. The van der Waals surface area contributed by atoms with Crippen molar-refractivity contribution in [2.24, 2.45) is 11.3 Å². The zero-order valence-electron chi connectivity index (χ0n) is 13.2. The predicted molar refractivity (Wildman–Crippen MR) is 85.3 cm³/mol. The van der Waals surface area contributed by atoms with E-state index in [0.717, 1.165) is 5.92 Å². The number of hydrogen-bond acceptors (Lipinski definition) is 0. The second-order valence-electron chi connectivity index (χ2n) is 7.34. The average Bonchev–Trinajstić information content (AvgIpc) is 2.38. The van der Waals surface area contributed by atoms with E-state index in [1.165, 1.54) is 30.4 Å². The molecule has 1 aromatic rings. The first-order valence-electron chi connectivity index (χ1n) is 7.67. The molecule has 0 aromatic heterocycles. The van der Waals surface area contributed by atoms with Gasteiger partial charge >= 0.3 is 0 Å². The van der Waals surface area contributed by atoms with Gasteiger partial charge in [0.25, 0.3) is 0 Å². The number of benzene rings is 1. The molecule has 0 fully saturated rings. The topological polar surface area (TPSA) is 0 Å². The molecule has 0 aliphatic heterocycles. The average molecular weight is 256 g/mol. The van der Waals surface area contributed by atoms with Gasteiger partial charge in [-0.05, 0) is 53.2 Å². The van der Waals surface area contributed by atoms with Crippen LogP contribution in [0.2, 0.25) is 0 Å². The molecule has 0 heteroatoms. The van der Waals surface area contributed by atoms with Gasteiger partial charge in [0.05, 0.1) is 0 Å². The van der Waals surface area contributed by atoms with Crippen molar-refractivity contribution in [1.29, 1.82) is 0 Å². The summed E-state index contributed by atoms with van der Waals surface area (Å²) >= 11 is 0. The van der Waals surface area contributed by atoms with Crippen molar-refractivity contribution in [2.75, 3.05) is 0 Å². The largest absolute Gasteiger partial charge is 0.0804 e. The van der Waals surface area contributed by atoms with Crippen LogP contribution in [0.4, 0.5) is 0 Å². The third-order valence-electron chi connectivity index (χ3n) is 4.58. The second kappa shape index (κ2) is 5.53. The van der Waals surface area contributed by atoms with Crippen LogP contribution in [-0.2, 0) is 0 Å². The van der Waals surface area contributed by atoms with Crippen LogP contribution in [0.25, 0.3) is 5.57 Å². The van der Waals surface area contributed by atoms with Gasteiger partial charge in [-0.2, -0.15) is 0 Å². The Labute approximate surface area is 118 Å². The maximum absolute atomic E-state index is 2.48. The van der Waals surface area contributed by atoms with Crippen LogP contribution >= 0.6 is 0 Å². The summed E-state index contributed by atoms with van der Waals surface area (Å²) in [5.74, 6) is 1.46. The van der Waals surface area contributed by atoms with E-state index in [1.54, 1.807) is 5.57 Å². The fraction of sp³-hybridized carbons (Fsp3) is 0.579. The molecule has 1 atom stereocenters.